The van der Waals surface area contributed by atoms with Gasteiger partial charge in [0.25, 0.3) is 0 Å². The second kappa shape index (κ2) is 3.65. The van der Waals surface area contributed by atoms with E-state index in [0.717, 1.165) is 11.5 Å². The molecule has 1 aliphatic rings. The highest BCUT2D eigenvalue weighted by atomic mass is 16.5. The Hall–Kier alpha value is -0.800. The Kier molecular flexibility index (Phi) is 2.61. The molecular formula is C12H19NO2. The molecule has 1 saturated carbocycles. The minimum Gasteiger partial charge on any atom is -0.462 e. The highest BCUT2D eigenvalue weighted by Gasteiger charge is 2.50. The van der Waals surface area contributed by atoms with Gasteiger partial charge in [-0.1, -0.05) is 13.8 Å². The molecule has 1 aliphatic carbocycles. The van der Waals surface area contributed by atoms with Crippen LogP contribution in [0.25, 0.3) is 0 Å². The van der Waals surface area contributed by atoms with Crippen molar-refractivity contribution in [2.24, 2.45) is 17.1 Å². The van der Waals surface area contributed by atoms with E-state index in [9.17, 15) is 0 Å². The Morgan fingerprint density at radius 1 is 1.60 bits per heavy atom. The SMILES string of the molecule is COCc1ccc(C(N)C2CC2(C)C)o1. The lowest BCUT2D eigenvalue weighted by atomic mass is 10.0. The molecule has 3 nitrogen and oxygen atoms in total. The Bertz CT molecular complexity index is 343. The fraction of sp³-hybridized carbons (Fsp3) is 0.667. The summed E-state index contributed by atoms with van der Waals surface area (Å²) in [4.78, 5) is 0. The molecule has 0 aliphatic heterocycles. The fourth-order valence-corrected chi connectivity index (χ4v) is 2.11. The first-order valence-corrected chi connectivity index (χ1v) is 5.38. The molecule has 2 atom stereocenters. The van der Waals surface area contributed by atoms with Crippen LogP contribution in [0.2, 0.25) is 0 Å². The van der Waals surface area contributed by atoms with Crippen LogP contribution in [0.5, 0.6) is 0 Å². The lowest BCUT2D eigenvalue weighted by Crippen LogP contribution is -2.14. The molecule has 3 heteroatoms. The van der Waals surface area contributed by atoms with Crippen molar-refractivity contribution < 1.29 is 9.15 Å². The van der Waals surface area contributed by atoms with Gasteiger partial charge in [-0.05, 0) is 29.9 Å². The van der Waals surface area contributed by atoms with Gasteiger partial charge in [-0.3, -0.25) is 0 Å². The quantitative estimate of drug-likeness (QED) is 0.828. The maximum Gasteiger partial charge on any atom is 0.129 e. The van der Waals surface area contributed by atoms with Crippen molar-refractivity contribution in [3.05, 3.63) is 23.7 Å². The van der Waals surface area contributed by atoms with Crippen LogP contribution in [0.4, 0.5) is 0 Å². The lowest BCUT2D eigenvalue weighted by Gasteiger charge is -2.10. The molecule has 0 aromatic carbocycles. The minimum absolute atomic E-state index is 0.0330. The van der Waals surface area contributed by atoms with E-state index in [-0.39, 0.29) is 6.04 Å². The van der Waals surface area contributed by atoms with Gasteiger partial charge in [0.1, 0.15) is 18.1 Å². The van der Waals surface area contributed by atoms with Crippen LogP contribution in [0.1, 0.15) is 37.8 Å². The van der Waals surface area contributed by atoms with Crippen LogP contribution in [0, 0.1) is 11.3 Å². The molecule has 15 heavy (non-hydrogen) atoms. The number of ether oxygens (including phenoxy) is 1. The smallest absolute Gasteiger partial charge is 0.129 e. The molecule has 0 saturated heterocycles. The van der Waals surface area contributed by atoms with Crippen molar-refractivity contribution in [2.75, 3.05) is 7.11 Å². The number of methoxy groups -OCH3 is 1. The van der Waals surface area contributed by atoms with Crippen molar-refractivity contribution >= 4 is 0 Å². The highest BCUT2D eigenvalue weighted by molar-refractivity contribution is 5.15. The normalized spacial score (nSPS) is 25.2. The predicted octanol–water partition coefficient (Wildman–Crippen LogP) is 2.47. The summed E-state index contributed by atoms with van der Waals surface area (Å²) in [5.41, 5.74) is 6.53. The van der Waals surface area contributed by atoms with Crippen LogP contribution in [-0.4, -0.2) is 7.11 Å². The van der Waals surface area contributed by atoms with E-state index in [0.29, 0.717) is 17.9 Å². The van der Waals surface area contributed by atoms with E-state index in [4.69, 9.17) is 14.9 Å². The Morgan fingerprint density at radius 2 is 2.27 bits per heavy atom. The van der Waals surface area contributed by atoms with Crippen molar-refractivity contribution in [1.29, 1.82) is 0 Å². The number of hydrogen-bond donors (Lipinski definition) is 1. The summed E-state index contributed by atoms with van der Waals surface area (Å²) in [6, 6.07) is 3.94. The predicted molar refractivity (Wildman–Crippen MR) is 58.2 cm³/mol. The molecule has 1 aromatic rings. The lowest BCUT2D eigenvalue weighted by molar-refractivity contribution is 0.161. The second-order valence-corrected chi connectivity index (χ2v) is 5.06. The first-order valence-electron chi connectivity index (χ1n) is 5.38. The van der Waals surface area contributed by atoms with Crippen molar-refractivity contribution in [1.82, 2.24) is 0 Å². The molecular weight excluding hydrogens is 190 g/mol. The molecule has 1 aromatic heterocycles. The number of hydrogen-bond acceptors (Lipinski definition) is 3. The Labute approximate surface area is 90.6 Å². The van der Waals surface area contributed by atoms with Crippen LogP contribution in [0.15, 0.2) is 16.5 Å². The van der Waals surface area contributed by atoms with E-state index in [1.54, 1.807) is 7.11 Å². The van der Waals surface area contributed by atoms with E-state index in [1.165, 1.54) is 6.42 Å². The summed E-state index contributed by atoms with van der Waals surface area (Å²) in [6.45, 7) is 5.01. The van der Waals surface area contributed by atoms with Gasteiger partial charge in [-0.2, -0.15) is 0 Å². The third-order valence-electron chi connectivity index (χ3n) is 3.32. The summed E-state index contributed by atoms with van der Waals surface area (Å²) in [6.07, 6.45) is 1.19. The Balaban J connectivity index is 2.03. The standard InChI is InChI=1S/C12H19NO2/c1-12(2)6-9(12)11(13)10-5-4-8(15-10)7-14-3/h4-5,9,11H,6-7,13H2,1-3H3. The van der Waals surface area contributed by atoms with E-state index < -0.39 is 0 Å². The molecule has 0 amide bonds. The topological polar surface area (TPSA) is 48.4 Å². The van der Waals surface area contributed by atoms with Gasteiger partial charge in [0.05, 0.1) is 6.04 Å². The van der Waals surface area contributed by atoms with Gasteiger partial charge in [0.2, 0.25) is 0 Å². The fourth-order valence-electron chi connectivity index (χ4n) is 2.11. The summed E-state index contributed by atoms with van der Waals surface area (Å²) >= 11 is 0. The first kappa shape index (κ1) is 10.7. The monoisotopic (exact) mass is 209 g/mol. The second-order valence-electron chi connectivity index (χ2n) is 5.06. The average molecular weight is 209 g/mol. The van der Waals surface area contributed by atoms with Crippen LogP contribution >= 0.6 is 0 Å². The third-order valence-corrected chi connectivity index (χ3v) is 3.32. The Morgan fingerprint density at radius 3 is 2.80 bits per heavy atom. The van der Waals surface area contributed by atoms with E-state index in [2.05, 4.69) is 13.8 Å². The van der Waals surface area contributed by atoms with Gasteiger partial charge < -0.3 is 14.9 Å². The number of furan rings is 1. The van der Waals surface area contributed by atoms with Gasteiger partial charge >= 0.3 is 0 Å². The molecule has 0 spiro atoms. The summed E-state index contributed by atoms with van der Waals surface area (Å²) in [5.74, 6) is 2.29. The molecule has 2 rings (SSSR count). The summed E-state index contributed by atoms with van der Waals surface area (Å²) < 4.78 is 10.6. The number of nitrogens with two attached hydrogens (primary N) is 1. The average Bonchev–Trinajstić information content (AvgIpc) is 2.64. The zero-order valence-corrected chi connectivity index (χ0v) is 9.62. The molecule has 0 radical (unpaired) electrons. The molecule has 0 bridgehead atoms. The van der Waals surface area contributed by atoms with Crippen LogP contribution < -0.4 is 5.73 Å². The van der Waals surface area contributed by atoms with Crippen LogP contribution in [-0.2, 0) is 11.3 Å². The third kappa shape index (κ3) is 2.08. The van der Waals surface area contributed by atoms with Crippen LogP contribution in [0.3, 0.4) is 0 Å². The molecule has 84 valence electrons. The van der Waals surface area contributed by atoms with Gasteiger partial charge in [0, 0.05) is 7.11 Å². The highest BCUT2D eigenvalue weighted by Crippen LogP contribution is 2.57. The van der Waals surface area contributed by atoms with Crippen molar-refractivity contribution in [3.8, 4) is 0 Å². The van der Waals surface area contributed by atoms with E-state index in [1.807, 2.05) is 12.1 Å². The maximum absolute atomic E-state index is 6.15. The zero-order chi connectivity index (χ0) is 11.1. The summed E-state index contributed by atoms with van der Waals surface area (Å²) in [5, 5.41) is 0. The van der Waals surface area contributed by atoms with E-state index >= 15 is 0 Å². The minimum atomic E-state index is 0.0330. The summed E-state index contributed by atoms with van der Waals surface area (Å²) in [7, 11) is 1.66. The van der Waals surface area contributed by atoms with Crippen molar-refractivity contribution in [2.45, 2.75) is 32.9 Å². The molecule has 2 unspecified atom stereocenters. The van der Waals surface area contributed by atoms with Gasteiger partial charge in [-0.15, -0.1) is 0 Å². The largest absolute Gasteiger partial charge is 0.462 e. The van der Waals surface area contributed by atoms with Gasteiger partial charge in [-0.25, -0.2) is 0 Å². The van der Waals surface area contributed by atoms with Crippen molar-refractivity contribution in [3.63, 3.8) is 0 Å². The zero-order valence-electron chi connectivity index (χ0n) is 9.62. The number of rotatable bonds is 4. The molecule has 1 fully saturated rings. The van der Waals surface area contributed by atoms with Gasteiger partial charge in [0.15, 0.2) is 0 Å². The molecule has 2 N–H and O–H groups in total. The first-order chi connectivity index (χ1) is 7.04. The molecule has 1 heterocycles. The maximum atomic E-state index is 6.15.